The van der Waals surface area contributed by atoms with Crippen molar-refractivity contribution >= 4 is 29.1 Å². The number of carbonyl (C=O) groups is 3. The lowest BCUT2D eigenvalue weighted by Crippen LogP contribution is -2.50. The summed E-state index contributed by atoms with van der Waals surface area (Å²) in [7, 11) is 1.56. The predicted octanol–water partition coefficient (Wildman–Crippen LogP) is 4.26. The van der Waals surface area contributed by atoms with Crippen molar-refractivity contribution in [2.45, 2.75) is 19.3 Å². The Morgan fingerprint density at radius 3 is 2.29 bits per heavy atom. The smallest absolute Gasteiger partial charge is 0.256 e. The van der Waals surface area contributed by atoms with E-state index >= 15 is 0 Å². The molecule has 0 spiro atoms. The molecule has 2 aliphatic heterocycles. The summed E-state index contributed by atoms with van der Waals surface area (Å²) < 4.78 is 10.7. The number of methoxy groups -OCH3 is 1. The number of piperazine rings is 1. The molecule has 220 valence electrons. The van der Waals surface area contributed by atoms with E-state index in [1.165, 1.54) is 0 Å². The lowest BCUT2D eigenvalue weighted by Gasteiger charge is -2.38. The van der Waals surface area contributed by atoms with E-state index in [1.807, 2.05) is 54.3 Å². The first kappa shape index (κ1) is 29.1. The van der Waals surface area contributed by atoms with Crippen LogP contribution in [0.25, 0.3) is 0 Å². The van der Waals surface area contributed by atoms with Crippen LogP contribution in [0, 0.1) is 0 Å². The number of benzene rings is 3. The first-order valence-corrected chi connectivity index (χ1v) is 14.5. The predicted molar refractivity (Wildman–Crippen MR) is 162 cm³/mol. The van der Waals surface area contributed by atoms with E-state index in [2.05, 4.69) is 10.2 Å². The molecule has 2 heterocycles. The highest BCUT2D eigenvalue weighted by molar-refractivity contribution is 6.06. The fourth-order valence-electron chi connectivity index (χ4n) is 5.59. The number of hydrogen-bond acceptors (Lipinski definition) is 6. The maximum atomic E-state index is 13.8. The van der Waals surface area contributed by atoms with Crippen LogP contribution < -0.4 is 15.0 Å². The van der Waals surface area contributed by atoms with Crippen molar-refractivity contribution < 1.29 is 23.9 Å². The SMILES string of the molecule is CCC(C(=O)N1CCN(c2ccc(NC(=O)c3cccc(OC)c3)cc2C(=O)N2CCOCC2)CC1)c1ccccc1. The molecule has 5 rings (SSSR count). The molecular formula is C33H38N4O5. The average molecular weight is 571 g/mol. The average Bonchev–Trinajstić information content (AvgIpc) is 3.05. The molecule has 2 fully saturated rings. The molecule has 1 unspecified atom stereocenters. The van der Waals surface area contributed by atoms with Crippen LogP contribution in [0.1, 0.15) is 45.5 Å². The van der Waals surface area contributed by atoms with E-state index in [-0.39, 0.29) is 23.6 Å². The number of rotatable bonds is 8. The Morgan fingerprint density at radius 2 is 1.60 bits per heavy atom. The van der Waals surface area contributed by atoms with Crippen LogP contribution >= 0.6 is 0 Å². The second-order valence-corrected chi connectivity index (χ2v) is 10.5. The van der Waals surface area contributed by atoms with Gasteiger partial charge in [0.1, 0.15) is 5.75 Å². The van der Waals surface area contributed by atoms with Gasteiger partial charge in [0.2, 0.25) is 5.91 Å². The molecule has 0 bridgehead atoms. The van der Waals surface area contributed by atoms with Crippen LogP contribution in [0.15, 0.2) is 72.8 Å². The summed E-state index contributed by atoms with van der Waals surface area (Å²) in [5.74, 6) is 0.182. The zero-order valence-electron chi connectivity index (χ0n) is 24.3. The molecule has 0 aromatic heterocycles. The molecule has 9 nitrogen and oxygen atoms in total. The number of anilines is 2. The van der Waals surface area contributed by atoms with E-state index in [1.54, 1.807) is 42.3 Å². The third-order valence-electron chi connectivity index (χ3n) is 7.96. The summed E-state index contributed by atoms with van der Waals surface area (Å²) in [5.41, 5.74) is 3.35. The van der Waals surface area contributed by atoms with Crippen molar-refractivity contribution in [3.63, 3.8) is 0 Å². The fraction of sp³-hybridized carbons (Fsp3) is 0.364. The van der Waals surface area contributed by atoms with E-state index in [0.717, 1.165) is 17.7 Å². The molecule has 1 atom stereocenters. The molecule has 3 amide bonds. The maximum absolute atomic E-state index is 13.8. The molecular weight excluding hydrogens is 532 g/mol. The molecule has 3 aromatic rings. The standard InChI is InChI=1S/C33H38N4O5/c1-3-28(24-8-5-4-6-9-24)32(39)36-16-14-35(15-17-36)30-13-12-26(23-29(30)33(40)37-18-20-42-21-19-37)34-31(38)25-10-7-11-27(22-25)41-2/h4-13,22-23,28H,3,14-21H2,1-2H3,(H,34,38). The number of amides is 3. The molecule has 1 N–H and O–H groups in total. The summed E-state index contributed by atoms with van der Waals surface area (Å²) >= 11 is 0. The van der Waals surface area contributed by atoms with Crippen molar-refractivity contribution in [3.8, 4) is 5.75 Å². The van der Waals surface area contributed by atoms with Gasteiger partial charge in [0.25, 0.3) is 11.8 Å². The van der Waals surface area contributed by atoms with Crippen molar-refractivity contribution in [2.24, 2.45) is 0 Å². The summed E-state index contributed by atoms with van der Waals surface area (Å²) in [5, 5.41) is 2.93. The number of morpholine rings is 1. The maximum Gasteiger partial charge on any atom is 0.256 e. The molecule has 42 heavy (non-hydrogen) atoms. The lowest BCUT2D eigenvalue weighted by atomic mass is 9.94. The van der Waals surface area contributed by atoms with Gasteiger partial charge in [-0.05, 0) is 48.4 Å². The van der Waals surface area contributed by atoms with Gasteiger partial charge in [0.15, 0.2) is 0 Å². The molecule has 2 aliphatic rings. The van der Waals surface area contributed by atoms with Gasteiger partial charge in [0.05, 0.1) is 31.8 Å². The molecule has 3 aromatic carbocycles. The highest BCUT2D eigenvalue weighted by atomic mass is 16.5. The molecule has 9 heteroatoms. The number of nitrogens with one attached hydrogen (secondary N) is 1. The number of carbonyl (C=O) groups excluding carboxylic acids is 3. The summed E-state index contributed by atoms with van der Waals surface area (Å²) in [4.78, 5) is 46.1. The molecule has 0 saturated carbocycles. The normalized spacial score (nSPS) is 16.1. The highest BCUT2D eigenvalue weighted by Crippen LogP contribution is 2.29. The minimum Gasteiger partial charge on any atom is -0.497 e. The van der Waals surface area contributed by atoms with Gasteiger partial charge in [-0.2, -0.15) is 0 Å². The third-order valence-corrected chi connectivity index (χ3v) is 7.96. The van der Waals surface area contributed by atoms with Gasteiger partial charge in [-0.1, -0.05) is 43.3 Å². The van der Waals surface area contributed by atoms with Crippen LogP contribution in [0.3, 0.4) is 0 Å². The zero-order valence-corrected chi connectivity index (χ0v) is 24.3. The van der Waals surface area contributed by atoms with Crippen molar-refractivity contribution in [2.75, 3.05) is 69.8 Å². The Labute approximate surface area is 247 Å². The lowest BCUT2D eigenvalue weighted by molar-refractivity contribution is -0.133. The minimum absolute atomic E-state index is 0.0978. The second-order valence-electron chi connectivity index (χ2n) is 10.5. The van der Waals surface area contributed by atoms with Crippen LogP contribution in [-0.4, -0.2) is 87.1 Å². The van der Waals surface area contributed by atoms with E-state index in [9.17, 15) is 14.4 Å². The quantitative estimate of drug-likeness (QED) is 0.435. The van der Waals surface area contributed by atoms with Crippen molar-refractivity contribution in [1.82, 2.24) is 9.80 Å². The first-order valence-electron chi connectivity index (χ1n) is 14.5. The molecule has 0 aliphatic carbocycles. The Balaban J connectivity index is 1.34. The highest BCUT2D eigenvalue weighted by Gasteiger charge is 2.30. The van der Waals surface area contributed by atoms with E-state index < -0.39 is 0 Å². The molecule has 2 saturated heterocycles. The molecule has 0 radical (unpaired) electrons. The van der Waals surface area contributed by atoms with Gasteiger partial charge in [0, 0.05) is 56.2 Å². The van der Waals surface area contributed by atoms with Gasteiger partial charge in [-0.3, -0.25) is 14.4 Å². The third kappa shape index (κ3) is 6.57. The zero-order chi connectivity index (χ0) is 29.5. The Kier molecular flexibility index (Phi) is 9.38. The minimum atomic E-state index is -0.289. The fourth-order valence-corrected chi connectivity index (χ4v) is 5.59. The van der Waals surface area contributed by atoms with Crippen LogP contribution in [0.5, 0.6) is 5.75 Å². The monoisotopic (exact) mass is 570 g/mol. The van der Waals surface area contributed by atoms with Crippen molar-refractivity contribution in [3.05, 3.63) is 89.5 Å². The number of hydrogen-bond donors (Lipinski definition) is 1. The number of nitrogens with zero attached hydrogens (tertiary/aromatic N) is 3. The number of ether oxygens (including phenoxy) is 2. The Morgan fingerprint density at radius 1 is 0.857 bits per heavy atom. The first-order chi connectivity index (χ1) is 20.5. The Hall–Kier alpha value is -4.37. The Bertz CT molecular complexity index is 1400. The van der Waals surface area contributed by atoms with E-state index in [4.69, 9.17) is 9.47 Å². The van der Waals surface area contributed by atoms with Crippen LogP contribution in [0.4, 0.5) is 11.4 Å². The van der Waals surface area contributed by atoms with Gasteiger partial charge >= 0.3 is 0 Å². The topological polar surface area (TPSA) is 91.4 Å². The van der Waals surface area contributed by atoms with Gasteiger partial charge < -0.3 is 29.5 Å². The summed E-state index contributed by atoms with van der Waals surface area (Å²) in [6.07, 6.45) is 0.740. The van der Waals surface area contributed by atoms with Crippen LogP contribution in [-0.2, 0) is 9.53 Å². The van der Waals surface area contributed by atoms with Gasteiger partial charge in [-0.15, -0.1) is 0 Å². The second kappa shape index (κ2) is 13.5. The summed E-state index contributed by atoms with van der Waals surface area (Å²) in [6.45, 7) is 6.42. The van der Waals surface area contributed by atoms with E-state index in [0.29, 0.717) is 75.0 Å². The van der Waals surface area contributed by atoms with Gasteiger partial charge in [-0.25, -0.2) is 0 Å². The summed E-state index contributed by atoms with van der Waals surface area (Å²) in [6, 6.07) is 22.3. The van der Waals surface area contributed by atoms with Crippen molar-refractivity contribution in [1.29, 1.82) is 0 Å². The largest absolute Gasteiger partial charge is 0.497 e. The van der Waals surface area contributed by atoms with Crippen LogP contribution in [0.2, 0.25) is 0 Å².